The van der Waals surface area contributed by atoms with E-state index in [1.54, 1.807) is 7.11 Å². The number of pyridine rings is 1. The minimum absolute atomic E-state index is 0.198. The molecule has 0 amide bonds. The van der Waals surface area contributed by atoms with Crippen molar-refractivity contribution in [2.45, 2.75) is 52.1 Å². The first-order valence-electron chi connectivity index (χ1n) is 7.72. The van der Waals surface area contributed by atoms with E-state index < -0.39 is 0 Å². The summed E-state index contributed by atoms with van der Waals surface area (Å²) in [6, 6.07) is 2.12. The highest BCUT2D eigenvalue weighted by molar-refractivity contribution is 5.30. The van der Waals surface area contributed by atoms with Crippen molar-refractivity contribution in [2.75, 3.05) is 20.3 Å². The summed E-state index contributed by atoms with van der Waals surface area (Å²) in [5, 5.41) is 3.28. The first kappa shape index (κ1) is 15.3. The molecule has 0 fully saturated rings. The van der Waals surface area contributed by atoms with E-state index in [1.807, 2.05) is 4.57 Å². The Morgan fingerprint density at radius 1 is 1.40 bits per heavy atom. The topological polar surface area (TPSA) is 43.3 Å². The lowest BCUT2D eigenvalue weighted by atomic mass is 10.1. The molecule has 2 rings (SSSR count). The van der Waals surface area contributed by atoms with Crippen molar-refractivity contribution in [3.63, 3.8) is 0 Å². The summed E-state index contributed by atoms with van der Waals surface area (Å²) in [7, 11) is 1.69. The molecule has 1 aliphatic rings. The monoisotopic (exact) mass is 278 g/mol. The second-order valence-electron chi connectivity index (χ2n) is 5.47. The average Bonchev–Trinajstić information content (AvgIpc) is 2.91. The summed E-state index contributed by atoms with van der Waals surface area (Å²) in [5.41, 5.74) is 3.76. The van der Waals surface area contributed by atoms with E-state index in [9.17, 15) is 4.79 Å². The van der Waals surface area contributed by atoms with Gasteiger partial charge in [-0.25, -0.2) is 0 Å². The number of unbranched alkanes of at least 4 members (excludes halogenated alkanes) is 1. The number of hydrogen-bond acceptors (Lipinski definition) is 3. The van der Waals surface area contributed by atoms with Crippen LogP contribution >= 0.6 is 0 Å². The second kappa shape index (κ2) is 7.60. The van der Waals surface area contributed by atoms with Gasteiger partial charge in [-0.2, -0.15) is 0 Å². The van der Waals surface area contributed by atoms with Crippen LogP contribution in [0.15, 0.2) is 10.9 Å². The van der Waals surface area contributed by atoms with Crippen LogP contribution in [0.1, 0.15) is 43.0 Å². The second-order valence-corrected chi connectivity index (χ2v) is 5.47. The van der Waals surface area contributed by atoms with E-state index in [4.69, 9.17) is 4.74 Å². The smallest absolute Gasteiger partial charge is 0.255 e. The van der Waals surface area contributed by atoms with Crippen LogP contribution in [-0.2, 0) is 30.7 Å². The molecule has 0 radical (unpaired) electrons. The first-order chi connectivity index (χ1) is 9.77. The van der Waals surface area contributed by atoms with Crippen LogP contribution in [0.4, 0.5) is 0 Å². The maximum atomic E-state index is 12.6. The van der Waals surface area contributed by atoms with Crippen molar-refractivity contribution < 1.29 is 4.74 Å². The Balaban J connectivity index is 2.17. The van der Waals surface area contributed by atoms with E-state index in [1.165, 1.54) is 17.7 Å². The third-order valence-electron chi connectivity index (χ3n) is 3.96. The van der Waals surface area contributed by atoms with E-state index in [0.717, 1.165) is 44.3 Å². The standard InChI is InChI=1S/C16H26N2O2/c1-3-4-9-18-15-7-5-6-13(15)11-14(16(18)19)12-17-8-10-20-2/h11,17H,3-10,12H2,1-2H3. The Labute approximate surface area is 121 Å². The fraction of sp³-hybridized carbons (Fsp3) is 0.688. The van der Waals surface area contributed by atoms with Gasteiger partial charge in [-0.3, -0.25) is 4.79 Å². The molecule has 1 heterocycles. The molecule has 0 aliphatic heterocycles. The Hall–Kier alpha value is -1.13. The molecule has 0 aromatic carbocycles. The molecule has 0 atom stereocenters. The molecule has 4 nitrogen and oxygen atoms in total. The van der Waals surface area contributed by atoms with Gasteiger partial charge in [0.15, 0.2) is 0 Å². The van der Waals surface area contributed by atoms with Crippen LogP contribution in [0.5, 0.6) is 0 Å². The predicted octanol–water partition coefficient (Wildman–Crippen LogP) is 1.87. The lowest BCUT2D eigenvalue weighted by Crippen LogP contribution is -2.30. The minimum atomic E-state index is 0.198. The lowest BCUT2D eigenvalue weighted by Gasteiger charge is -2.14. The number of nitrogens with one attached hydrogen (secondary N) is 1. The van der Waals surface area contributed by atoms with Crippen molar-refractivity contribution in [3.8, 4) is 0 Å². The zero-order valence-electron chi connectivity index (χ0n) is 12.7. The molecule has 0 bridgehead atoms. The molecule has 4 heteroatoms. The Kier molecular flexibility index (Phi) is 5.80. The summed E-state index contributed by atoms with van der Waals surface area (Å²) >= 11 is 0. The van der Waals surface area contributed by atoms with E-state index in [2.05, 4.69) is 18.3 Å². The van der Waals surface area contributed by atoms with Gasteiger partial charge in [0.05, 0.1) is 6.61 Å². The van der Waals surface area contributed by atoms with Gasteiger partial charge in [-0.05, 0) is 37.3 Å². The Bertz CT molecular complexity index is 494. The predicted molar refractivity (Wildman–Crippen MR) is 81.2 cm³/mol. The van der Waals surface area contributed by atoms with Crippen LogP contribution in [0, 0.1) is 0 Å². The van der Waals surface area contributed by atoms with Crippen molar-refractivity contribution >= 4 is 0 Å². The number of rotatable bonds is 8. The van der Waals surface area contributed by atoms with Gasteiger partial charge in [0.25, 0.3) is 5.56 Å². The third-order valence-corrected chi connectivity index (χ3v) is 3.96. The largest absolute Gasteiger partial charge is 0.383 e. The zero-order chi connectivity index (χ0) is 14.4. The zero-order valence-corrected chi connectivity index (χ0v) is 12.7. The van der Waals surface area contributed by atoms with Gasteiger partial charge >= 0.3 is 0 Å². The first-order valence-corrected chi connectivity index (χ1v) is 7.72. The number of aryl methyl sites for hydroxylation is 1. The third kappa shape index (κ3) is 3.49. The molecule has 0 saturated heterocycles. The molecule has 0 unspecified atom stereocenters. The maximum absolute atomic E-state index is 12.6. The van der Waals surface area contributed by atoms with Gasteiger partial charge in [-0.15, -0.1) is 0 Å². The van der Waals surface area contributed by atoms with Crippen molar-refractivity contribution in [2.24, 2.45) is 0 Å². The fourth-order valence-electron chi connectivity index (χ4n) is 2.86. The van der Waals surface area contributed by atoms with E-state index in [-0.39, 0.29) is 5.56 Å². The summed E-state index contributed by atoms with van der Waals surface area (Å²) in [4.78, 5) is 12.6. The van der Waals surface area contributed by atoms with Crippen LogP contribution in [-0.4, -0.2) is 24.8 Å². The normalized spacial score (nSPS) is 13.7. The molecule has 1 aliphatic carbocycles. The SMILES string of the molecule is CCCCn1c2c(cc(CNCCOC)c1=O)CCC2. The molecule has 1 aromatic heterocycles. The van der Waals surface area contributed by atoms with Crippen molar-refractivity contribution in [1.29, 1.82) is 0 Å². The molecular formula is C16H26N2O2. The van der Waals surface area contributed by atoms with Crippen LogP contribution in [0.3, 0.4) is 0 Å². The highest BCUT2D eigenvalue weighted by Crippen LogP contribution is 2.21. The van der Waals surface area contributed by atoms with Gasteiger partial charge in [0.1, 0.15) is 0 Å². The fourth-order valence-corrected chi connectivity index (χ4v) is 2.86. The molecule has 0 spiro atoms. The Morgan fingerprint density at radius 2 is 2.25 bits per heavy atom. The molecule has 1 N–H and O–H groups in total. The highest BCUT2D eigenvalue weighted by atomic mass is 16.5. The lowest BCUT2D eigenvalue weighted by molar-refractivity contribution is 0.199. The molecule has 20 heavy (non-hydrogen) atoms. The minimum Gasteiger partial charge on any atom is -0.383 e. The van der Waals surface area contributed by atoms with Crippen LogP contribution < -0.4 is 10.9 Å². The highest BCUT2D eigenvalue weighted by Gasteiger charge is 2.18. The van der Waals surface area contributed by atoms with Crippen LogP contribution in [0.25, 0.3) is 0 Å². The van der Waals surface area contributed by atoms with E-state index in [0.29, 0.717) is 13.2 Å². The number of nitrogens with zero attached hydrogens (tertiary/aromatic N) is 1. The summed E-state index contributed by atoms with van der Waals surface area (Å²) in [6.45, 7) is 5.13. The molecule has 1 aromatic rings. The van der Waals surface area contributed by atoms with E-state index >= 15 is 0 Å². The van der Waals surface area contributed by atoms with Crippen LogP contribution in [0.2, 0.25) is 0 Å². The summed E-state index contributed by atoms with van der Waals surface area (Å²) in [6.07, 6.45) is 5.56. The number of fused-ring (bicyclic) bond motifs is 1. The number of hydrogen-bond donors (Lipinski definition) is 1. The summed E-state index contributed by atoms with van der Waals surface area (Å²) < 4.78 is 7.04. The van der Waals surface area contributed by atoms with Crippen molar-refractivity contribution in [3.05, 3.63) is 33.2 Å². The van der Waals surface area contributed by atoms with Crippen molar-refractivity contribution in [1.82, 2.24) is 9.88 Å². The quantitative estimate of drug-likeness (QED) is 0.738. The van der Waals surface area contributed by atoms with Gasteiger partial charge in [0, 0.05) is 38.0 Å². The van der Waals surface area contributed by atoms with Gasteiger partial charge in [-0.1, -0.05) is 13.3 Å². The number of aromatic nitrogens is 1. The molecule has 0 saturated carbocycles. The Morgan fingerprint density at radius 3 is 3.00 bits per heavy atom. The molecular weight excluding hydrogens is 252 g/mol. The van der Waals surface area contributed by atoms with Gasteiger partial charge in [0.2, 0.25) is 0 Å². The van der Waals surface area contributed by atoms with Gasteiger partial charge < -0.3 is 14.6 Å². The average molecular weight is 278 g/mol. The number of ether oxygens (including phenoxy) is 1. The maximum Gasteiger partial charge on any atom is 0.255 e. The number of methoxy groups -OCH3 is 1. The molecule has 112 valence electrons. The summed E-state index contributed by atoms with van der Waals surface area (Å²) in [5.74, 6) is 0.